The van der Waals surface area contributed by atoms with Gasteiger partial charge in [0.05, 0.1) is 0 Å². The molecule has 4 atom stereocenters. The first-order chi connectivity index (χ1) is 5.80. The molecule has 0 heterocycles. The summed E-state index contributed by atoms with van der Waals surface area (Å²) in [4.78, 5) is 0. The molecule has 0 amide bonds. The van der Waals surface area contributed by atoms with Crippen LogP contribution in [0.3, 0.4) is 0 Å². The third kappa shape index (κ3) is 1.06. The van der Waals surface area contributed by atoms with Crippen LogP contribution in [-0.4, -0.2) is 0 Å². The van der Waals surface area contributed by atoms with E-state index < -0.39 is 0 Å². The molecular formula is C14H28. The van der Waals surface area contributed by atoms with E-state index in [9.17, 15) is 0 Å². The first-order valence-electron chi connectivity index (χ1n) is 5.80. The lowest BCUT2D eigenvalue weighted by Crippen LogP contribution is -2.44. The van der Waals surface area contributed by atoms with Crippen molar-refractivity contribution >= 4 is 0 Å². The molecule has 0 aliphatic heterocycles. The minimum absolute atomic E-state index is 0. The van der Waals surface area contributed by atoms with Gasteiger partial charge in [0, 0.05) is 0 Å². The Kier molecular flexibility index (Phi) is 2.58. The molecule has 0 saturated heterocycles. The van der Waals surface area contributed by atoms with Crippen LogP contribution >= 0.6 is 0 Å². The van der Waals surface area contributed by atoms with Gasteiger partial charge in [-0.15, -0.1) is 0 Å². The molecule has 0 N–H and O–H groups in total. The van der Waals surface area contributed by atoms with Crippen molar-refractivity contribution < 1.29 is 0 Å². The molecule has 14 heavy (non-hydrogen) atoms. The van der Waals surface area contributed by atoms with Crippen molar-refractivity contribution in [3.05, 3.63) is 0 Å². The second-order valence-corrected chi connectivity index (χ2v) is 6.61. The smallest absolute Gasteiger partial charge is 0.0269 e. The van der Waals surface area contributed by atoms with Crippen LogP contribution in [0.2, 0.25) is 0 Å². The Hall–Kier alpha value is 0. The SMILES string of the molecule is C.CC1C(C)C2CC1C(C)(C)C2(C)C. The van der Waals surface area contributed by atoms with E-state index in [1.54, 1.807) is 0 Å². The molecule has 2 aliphatic carbocycles. The van der Waals surface area contributed by atoms with Gasteiger partial charge in [0.15, 0.2) is 0 Å². The number of hydrogen-bond donors (Lipinski definition) is 0. The lowest BCUT2D eigenvalue weighted by atomic mass is 9.55. The molecule has 2 rings (SSSR count). The average Bonchev–Trinajstić information content (AvgIpc) is 2.36. The monoisotopic (exact) mass is 196 g/mol. The number of fused-ring (bicyclic) bond motifs is 2. The summed E-state index contributed by atoms with van der Waals surface area (Å²) in [5.74, 6) is 3.85. The summed E-state index contributed by atoms with van der Waals surface area (Å²) in [6.45, 7) is 14.9. The van der Waals surface area contributed by atoms with E-state index in [0.29, 0.717) is 10.8 Å². The second-order valence-electron chi connectivity index (χ2n) is 6.61. The molecule has 2 fully saturated rings. The van der Waals surface area contributed by atoms with Gasteiger partial charge in [-0.2, -0.15) is 0 Å². The van der Waals surface area contributed by atoms with Gasteiger partial charge in [-0.3, -0.25) is 0 Å². The Labute approximate surface area is 90.5 Å². The van der Waals surface area contributed by atoms with E-state index in [1.165, 1.54) is 6.42 Å². The van der Waals surface area contributed by atoms with Gasteiger partial charge in [0.25, 0.3) is 0 Å². The van der Waals surface area contributed by atoms with Crippen molar-refractivity contribution in [1.82, 2.24) is 0 Å². The lowest BCUT2D eigenvalue weighted by Gasteiger charge is -2.50. The normalized spacial score (nSPS) is 47.6. The minimum atomic E-state index is 0. The van der Waals surface area contributed by atoms with Crippen LogP contribution in [0.4, 0.5) is 0 Å². The van der Waals surface area contributed by atoms with E-state index in [-0.39, 0.29) is 7.43 Å². The zero-order valence-electron chi connectivity index (χ0n) is 10.0. The summed E-state index contributed by atoms with van der Waals surface area (Å²) in [7, 11) is 0. The predicted molar refractivity (Wildman–Crippen MR) is 64.2 cm³/mol. The maximum absolute atomic E-state index is 2.49. The third-order valence-electron chi connectivity index (χ3n) is 6.12. The van der Waals surface area contributed by atoms with E-state index >= 15 is 0 Å². The summed E-state index contributed by atoms with van der Waals surface area (Å²) < 4.78 is 0. The largest absolute Gasteiger partial charge is 0.0776 e. The molecule has 2 bridgehead atoms. The van der Waals surface area contributed by atoms with Crippen LogP contribution in [0, 0.1) is 34.5 Å². The van der Waals surface area contributed by atoms with Gasteiger partial charge >= 0.3 is 0 Å². The van der Waals surface area contributed by atoms with Crippen molar-refractivity contribution in [2.75, 3.05) is 0 Å². The number of hydrogen-bond acceptors (Lipinski definition) is 0. The second kappa shape index (κ2) is 3.00. The summed E-state index contributed by atoms with van der Waals surface area (Å²) in [6.07, 6.45) is 1.49. The Morgan fingerprint density at radius 2 is 1.07 bits per heavy atom. The van der Waals surface area contributed by atoms with E-state index in [1.807, 2.05) is 0 Å². The molecule has 0 aromatic rings. The van der Waals surface area contributed by atoms with Crippen LogP contribution in [-0.2, 0) is 0 Å². The fourth-order valence-corrected chi connectivity index (χ4v) is 4.30. The Morgan fingerprint density at radius 1 is 0.786 bits per heavy atom. The maximum atomic E-state index is 2.49. The fraction of sp³-hybridized carbons (Fsp3) is 1.00. The maximum Gasteiger partial charge on any atom is -0.0269 e. The Balaban J connectivity index is 0.000000980. The highest BCUT2D eigenvalue weighted by Crippen LogP contribution is 2.69. The summed E-state index contributed by atoms with van der Waals surface area (Å²) in [6, 6.07) is 0. The van der Waals surface area contributed by atoms with E-state index in [4.69, 9.17) is 0 Å². The highest BCUT2D eigenvalue weighted by atomic mass is 14.7. The predicted octanol–water partition coefficient (Wildman–Crippen LogP) is 4.60. The third-order valence-corrected chi connectivity index (χ3v) is 6.12. The highest BCUT2D eigenvalue weighted by molar-refractivity contribution is 5.11. The molecule has 0 spiro atoms. The quantitative estimate of drug-likeness (QED) is 0.531. The van der Waals surface area contributed by atoms with Gasteiger partial charge in [-0.05, 0) is 40.9 Å². The molecule has 2 aliphatic rings. The zero-order chi connectivity index (χ0) is 10.0. The summed E-state index contributed by atoms with van der Waals surface area (Å²) >= 11 is 0. The lowest BCUT2D eigenvalue weighted by molar-refractivity contribution is -0.0201. The van der Waals surface area contributed by atoms with Crippen molar-refractivity contribution in [3.63, 3.8) is 0 Å². The molecule has 0 aromatic heterocycles. The van der Waals surface area contributed by atoms with Gasteiger partial charge in [-0.1, -0.05) is 49.0 Å². The Morgan fingerprint density at radius 3 is 1.29 bits per heavy atom. The van der Waals surface area contributed by atoms with Crippen LogP contribution < -0.4 is 0 Å². The topological polar surface area (TPSA) is 0 Å². The molecule has 0 heteroatoms. The minimum Gasteiger partial charge on any atom is -0.0776 e. The van der Waals surface area contributed by atoms with Crippen LogP contribution in [0.5, 0.6) is 0 Å². The first kappa shape index (κ1) is 12.1. The van der Waals surface area contributed by atoms with Crippen LogP contribution in [0.25, 0.3) is 0 Å². The van der Waals surface area contributed by atoms with Crippen LogP contribution in [0.15, 0.2) is 0 Å². The molecule has 0 nitrogen and oxygen atoms in total. The first-order valence-corrected chi connectivity index (χ1v) is 5.80. The van der Waals surface area contributed by atoms with Crippen molar-refractivity contribution in [2.45, 2.75) is 55.4 Å². The highest BCUT2D eigenvalue weighted by Gasteiger charge is 2.62. The van der Waals surface area contributed by atoms with E-state index in [2.05, 4.69) is 41.5 Å². The Bertz CT molecular complexity index is 200. The molecule has 0 radical (unpaired) electrons. The molecule has 0 aromatic carbocycles. The van der Waals surface area contributed by atoms with Gasteiger partial charge in [-0.25, -0.2) is 0 Å². The molecule has 4 unspecified atom stereocenters. The van der Waals surface area contributed by atoms with E-state index in [0.717, 1.165) is 23.7 Å². The average molecular weight is 196 g/mol. The van der Waals surface area contributed by atoms with Gasteiger partial charge in [0.1, 0.15) is 0 Å². The van der Waals surface area contributed by atoms with Gasteiger partial charge in [0.2, 0.25) is 0 Å². The fourth-order valence-electron chi connectivity index (χ4n) is 4.30. The standard InChI is InChI=1S/C13H24.CH4/c1-8-9(2)11-7-10(8)12(3,4)13(11,5)6;/h8-11H,7H2,1-6H3;1H4. The van der Waals surface area contributed by atoms with Crippen molar-refractivity contribution in [2.24, 2.45) is 34.5 Å². The number of rotatable bonds is 0. The molecular weight excluding hydrogens is 168 g/mol. The molecule has 2 saturated carbocycles. The van der Waals surface area contributed by atoms with Gasteiger partial charge < -0.3 is 0 Å². The molecule has 84 valence electrons. The zero-order valence-corrected chi connectivity index (χ0v) is 10.0. The summed E-state index contributed by atoms with van der Waals surface area (Å²) in [5.41, 5.74) is 1.12. The van der Waals surface area contributed by atoms with Crippen molar-refractivity contribution in [1.29, 1.82) is 0 Å². The van der Waals surface area contributed by atoms with Crippen molar-refractivity contribution in [3.8, 4) is 0 Å². The van der Waals surface area contributed by atoms with Crippen LogP contribution in [0.1, 0.15) is 55.4 Å². The summed E-state index contributed by atoms with van der Waals surface area (Å²) in [5, 5.41) is 0.